The molecule has 0 bridgehead atoms. The molecule has 0 aliphatic rings. The Morgan fingerprint density at radius 2 is 2.17 bits per heavy atom. The molecule has 0 saturated carbocycles. The number of carboxylic acid groups (broad SMARTS) is 1. The van der Waals surface area contributed by atoms with Crippen molar-refractivity contribution >= 4 is 17.6 Å². The van der Waals surface area contributed by atoms with E-state index >= 15 is 0 Å². The van der Waals surface area contributed by atoms with Gasteiger partial charge in [-0.05, 0) is 12.1 Å². The van der Waals surface area contributed by atoms with Crippen molar-refractivity contribution in [3.05, 3.63) is 23.7 Å². The van der Waals surface area contributed by atoms with Crippen LogP contribution >= 0.6 is 11.6 Å². The predicted octanol–water partition coefficient (Wildman–Crippen LogP) is 2.04. The van der Waals surface area contributed by atoms with Gasteiger partial charge in [-0.2, -0.15) is 0 Å². The fraction of sp³-hybridized carbons (Fsp3) is 0.375. The molecule has 0 aromatic carbocycles. The average molecular weight is 189 g/mol. The molecule has 1 heterocycles. The van der Waals surface area contributed by atoms with Crippen molar-refractivity contribution < 1.29 is 14.3 Å². The highest BCUT2D eigenvalue weighted by Gasteiger charge is 2.03. The van der Waals surface area contributed by atoms with Gasteiger partial charge >= 0.3 is 5.97 Å². The second-order valence-corrected chi connectivity index (χ2v) is 2.66. The maximum Gasteiger partial charge on any atom is 0.303 e. The molecule has 0 fully saturated rings. The van der Waals surface area contributed by atoms with Gasteiger partial charge < -0.3 is 9.52 Å². The second-order valence-electron chi connectivity index (χ2n) is 2.40. The SMILES string of the molecule is O=C(O)CCc1ccc(CCl)o1. The molecule has 0 radical (unpaired) electrons. The summed E-state index contributed by atoms with van der Waals surface area (Å²) in [5.74, 6) is 0.858. The summed E-state index contributed by atoms with van der Waals surface area (Å²) in [6, 6.07) is 3.50. The highest BCUT2D eigenvalue weighted by atomic mass is 35.5. The number of hydrogen-bond donors (Lipinski definition) is 1. The minimum absolute atomic E-state index is 0.0925. The van der Waals surface area contributed by atoms with E-state index < -0.39 is 5.97 Å². The van der Waals surface area contributed by atoms with Crippen LogP contribution in [0.1, 0.15) is 17.9 Å². The van der Waals surface area contributed by atoms with Gasteiger partial charge in [0.25, 0.3) is 0 Å². The Morgan fingerprint density at radius 3 is 2.67 bits per heavy atom. The Labute approximate surface area is 74.9 Å². The van der Waals surface area contributed by atoms with Crippen molar-refractivity contribution in [2.24, 2.45) is 0 Å². The quantitative estimate of drug-likeness (QED) is 0.736. The van der Waals surface area contributed by atoms with E-state index in [2.05, 4.69) is 0 Å². The summed E-state index contributed by atoms with van der Waals surface area (Å²) in [6.07, 6.45) is 0.515. The minimum atomic E-state index is -0.821. The van der Waals surface area contributed by atoms with Crippen LogP contribution in [0.15, 0.2) is 16.5 Å². The van der Waals surface area contributed by atoms with Gasteiger partial charge in [-0.25, -0.2) is 0 Å². The summed E-state index contributed by atoms with van der Waals surface area (Å²) >= 11 is 5.49. The number of carbonyl (C=O) groups is 1. The summed E-state index contributed by atoms with van der Waals surface area (Å²) < 4.78 is 5.19. The molecule has 1 rings (SSSR count). The lowest BCUT2D eigenvalue weighted by Gasteiger charge is -1.91. The molecule has 4 heteroatoms. The van der Waals surface area contributed by atoms with E-state index in [1.54, 1.807) is 12.1 Å². The van der Waals surface area contributed by atoms with E-state index in [1.165, 1.54) is 0 Å². The molecule has 0 unspecified atom stereocenters. The molecule has 1 N–H and O–H groups in total. The number of furan rings is 1. The van der Waals surface area contributed by atoms with E-state index in [1.807, 2.05) is 0 Å². The van der Waals surface area contributed by atoms with Crippen LogP contribution in [0.25, 0.3) is 0 Å². The van der Waals surface area contributed by atoms with Crippen molar-refractivity contribution in [3.8, 4) is 0 Å². The van der Waals surface area contributed by atoms with Gasteiger partial charge in [0.15, 0.2) is 0 Å². The van der Waals surface area contributed by atoms with Crippen molar-refractivity contribution in [2.75, 3.05) is 0 Å². The second kappa shape index (κ2) is 4.16. The van der Waals surface area contributed by atoms with Gasteiger partial charge in [-0.1, -0.05) is 0 Å². The first-order valence-electron chi connectivity index (χ1n) is 3.57. The van der Waals surface area contributed by atoms with E-state index in [0.717, 1.165) is 0 Å². The molecule has 0 atom stereocenters. The van der Waals surface area contributed by atoms with Gasteiger partial charge in [-0.3, -0.25) is 4.79 Å². The number of aliphatic carboxylic acids is 1. The predicted molar refractivity (Wildman–Crippen MR) is 44.2 cm³/mol. The summed E-state index contributed by atoms with van der Waals surface area (Å²) in [4.78, 5) is 10.2. The molecule has 1 aromatic rings. The first-order valence-corrected chi connectivity index (χ1v) is 4.11. The highest BCUT2D eigenvalue weighted by Crippen LogP contribution is 2.11. The van der Waals surface area contributed by atoms with Crippen LogP contribution in [0, 0.1) is 0 Å². The Morgan fingerprint density at radius 1 is 1.50 bits per heavy atom. The molecule has 66 valence electrons. The molecule has 0 aliphatic carbocycles. The number of aryl methyl sites for hydroxylation is 1. The Bertz CT molecular complexity index is 267. The fourth-order valence-electron chi connectivity index (χ4n) is 0.859. The molecule has 3 nitrogen and oxygen atoms in total. The summed E-state index contributed by atoms with van der Waals surface area (Å²) in [5, 5.41) is 8.37. The normalized spacial score (nSPS) is 10.1. The van der Waals surface area contributed by atoms with Crippen LogP contribution in [0.4, 0.5) is 0 Å². The first-order chi connectivity index (χ1) is 5.72. The molecular weight excluding hydrogens is 180 g/mol. The van der Waals surface area contributed by atoms with E-state index in [0.29, 0.717) is 23.8 Å². The van der Waals surface area contributed by atoms with E-state index in [4.69, 9.17) is 21.1 Å². The molecule has 12 heavy (non-hydrogen) atoms. The standard InChI is InChI=1S/C8H9ClO3/c9-5-7-2-1-6(12-7)3-4-8(10)11/h1-2H,3-5H2,(H,10,11). The zero-order valence-electron chi connectivity index (χ0n) is 6.42. The smallest absolute Gasteiger partial charge is 0.303 e. The third-order valence-corrected chi connectivity index (χ3v) is 1.70. The van der Waals surface area contributed by atoms with Crippen LogP contribution in [0.5, 0.6) is 0 Å². The van der Waals surface area contributed by atoms with Crippen LogP contribution in [0.3, 0.4) is 0 Å². The maximum atomic E-state index is 10.2. The maximum absolute atomic E-state index is 10.2. The Hall–Kier alpha value is -0.960. The van der Waals surface area contributed by atoms with Gasteiger partial charge in [0.1, 0.15) is 11.5 Å². The lowest BCUT2D eigenvalue weighted by molar-refractivity contribution is -0.137. The number of hydrogen-bond acceptors (Lipinski definition) is 2. The lowest BCUT2D eigenvalue weighted by atomic mass is 10.2. The monoisotopic (exact) mass is 188 g/mol. The molecular formula is C8H9ClO3. The van der Waals surface area contributed by atoms with Crippen molar-refractivity contribution in [1.82, 2.24) is 0 Å². The van der Waals surface area contributed by atoms with Crippen LogP contribution < -0.4 is 0 Å². The van der Waals surface area contributed by atoms with Gasteiger partial charge in [0.05, 0.1) is 12.3 Å². The minimum Gasteiger partial charge on any atom is -0.481 e. The average Bonchev–Trinajstić information content (AvgIpc) is 2.48. The van der Waals surface area contributed by atoms with E-state index in [-0.39, 0.29) is 6.42 Å². The summed E-state index contributed by atoms with van der Waals surface area (Å²) in [5.41, 5.74) is 0. The first kappa shape index (κ1) is 9.13. The van der Waals surface area contributed by atoms with Crippen LogP contribution in [0.2, 0.25) is 0 Å². The lowest BCUT2D eigenvalue weighted by Crippen LogP contribution is -1.96. The fourth-order valence-corrected chi connectivity index (χ4v) is 1.00. The van der Waals surface area contributed by atoms with Crippen LogP contribution in [-0.2, 0) is 17.1 Å². The highest BCUT2D eigenvalue weighted by molar-refractivity contribution is 6.16. The molecule has 0 saturated heterocycles. The van der Waals surface area contributed by atoms with Crippen molar-refractivity contribution in [1.29, 1.82) is 0 Å². The Kier molecular flexibility index (Phi) is 3.17. The number of carboxylic acids is 1. The number of alkyl halides is 1. The van der Waals surface area contributed by atoms with Crippen LogP contribution in [-0.4, -0.2) is 11.1 Å². The van der Waals surface area contributed by atoms with Crippen molar-refractivity contribution in [3.63, 3.8) is 0 Å². The molecule has 0 amide bonds. The van der Waals surface area contributed by atoms with Gasteiger partial charge in [0, 0.05) is 6.42 Å². The molecule has 1 aromatic heterocycles. The number of rotatable bonds is 4. The zero-order valence-corrected chi connectivity index (χ0v) is 7.17. The topological polar surface area (TPSA) is 50.4 Å². The third-order valence-electron chi connectivity index (χ3n) is 1.43. The Balaban J connectivity index is 2.47. The zero-order chi connectivity index (χ0) is 8.97. The van der Waals surface area contributed by atoms with Gasteiger partial charge in [0.2, 0.25) is 0 Å². The summed E-state index contributed by atoms with van der Waals surface area (Å²) in [6.45, 7) is 0. The number of halogens is 1. The third kappa shape index (κ3) is 2.58. The van der Waals surface area contributed by atoms with E-state index in [9.17, 15) is 4.79 Å². The molecule has 0 aliphatic heterocycles. The largest absolute Gasteiger partial charge is 0.481 e. The summed E-state index contributed by atoms with van der Waals surface area (Å²) in [7, 11) is 0. The van der Waals surface area contributed by atoms with Gasteiger partial charge in [-0.15, -0.1) is 11.6 Å². The molecule has 0 spiro atoms. The van der Waals surface area contributed by atoms with Crippen molar-refractivity contribution in [2.45, 2.75) is 18.7 Å².